The average molecular weight is 314 g/mol. The number of hydrogen-bond acceptors (Lipinski definition) is 1. The molecular formula is C21H27FO. The molecule has 0 unspecified atom stereocenters. The van der Waals surface area contributed by atoms with Gasteiger partial charge in [-0.15, -0.1) is 0 Å². The van der Waals surface area contributed by atoms with Gasteiger partial charge in [-0.2, -0.15) is 0 Å². The van der Waals surface area contributed by atoms with Crippen LogP contribution in [0.2, 0.25) is 0 Å². The Hall–Kier alpha value is -1.83. The Morgan fingerprint density at radius 2 is 1.52 bits per heavy atom. The number of rotatable bonds is 9. The molecule has 23 heavy (non-hydrogen) atoms. The van der Waals surface area contributed by atoms with Crippen LogP contribution in [-0.4, -0.2) is 6.61 Å². The second-order valence-electron chi connectivity index (χ2n) is 6.00. The van der Waals surface area contributed by atoms with E-state index in [0.29, 0.717) is 12.4 Å². The first-order chi connectivity index (χ1) is 11.2. The van der Waals surface area contributed by atoms with E-state index in [-0.39, 0.29) is 5.82 Å². The molecule has 0 radical (unpaired) electrons. The van der Waals surface area contributed by atoms with Gasteiger partial charge in [0.1, 0.15) is 0 Å². The lowest BCUT2D eigenvalue weighted by Crippen LogP contribution is -1.99. The van der Waals surface area contributed by atoms with Gasteiger partial charge in [0.15, 0.2) is 11.6 Å². The van der Waals surface area contributed by atoms with E-state index in [0.717, 1.165) is 36.8 Å². The molecule has 0 aromatic heterocycles. The Kier molecular flexibility index (Phi) is 7.12. The third-order valence-corrected chi connectivity index (χ3v) is 4.04. The van der Waals surface area contributed by atoms with Crippen molar-refractivity contribution in [3.8, 4) is 16.9 Å². The maximum Gasteiger partial charge on any atom is 0.165 e. The summed E-state index contributed by atoms with van der Waals surface area (Å²) in [5.74, 6) is 0.0680. The summed E-state index contributed by atoms with van der Waals surface area (Å²) in [7, 11) is 0. The molecule has 2 aromatic rings. The highest BCUT2D eigenvalue weighted by Gasteiger charge is 2.06. The zero-order chi connectivity index (χ0) is 16.5. The second-order valence-corrected chi connectivity index (χ2v) is 6.00. The van der Waals surface area contributed by atoms with E-state index in [2.05, 4.69) is 38.1 Å². The maximum absolute atomic E-state index is 14.2. The molecule has 0 saturated carbocycles. The summed E-state index contributed by atoms with van der Waals surface area (Å²) in [6.45, 7) is 4.92. The van der Waals surface area contributed by atoms with Crippen molar-refractivity contribution >= 4 is 0 Å². The topological polar surface area (TPSA) is 9.23 Å². The molecule has 0 N–H and O–H groups in total. The van der Waals surface area contributed by atoms with E-state index in [1.807, 2.05) is 6.07 Å². The second kappa shape index (κ2) is 9.34. The molecule has 0 bridgehead atoms. The van der Waals surface area contributed by atoms with Gasteiger partial charge in [0.2, 0.25) is 0 Å². The lowest BCUT2D eigenvalue weighted by molar-refractivity contribution is 0.291. The number of ether oxygens (including phenoxy) is 1. The third kappa shape index (κ3) is 5.38. The number of hydrogen-bond donors (Lipinski definition) is 0. The van der Waals surface area contributed by atoms with Crippen LogP contribution in [0.1, 0.15) is 51.5 Å². The SMILES string of the molecule is CCCCCOc1ccc(-c2ccc(CCCC)cc2)cc1F. The van der Waals surface area contributed by atoms with Gasteiger partial charge in [-0.25, -0.2) is 4.39 Å². The van der Waals surface area contributed by atoms with Crippen LogP contribution in [0, 0.1) is 5.82 Å². The molecule has 0 heterocycles. The van der Waals surface area contributed by atoms with E-state index in [4.69, 9.17) is 4.74 Å². The summed E-state index contributed by atoms with van der Waals surface area (Å²) >= 11 is 0. The lowest BCUT2D eigenvalue weighted by Gasteiger charge is -2.09. The van der Waals surface area contributed by atoms with Gasteiger partial charge in [-0.1, -0.05) is 63.4 Å². The predicted octanol–water partition coefficient (Wildman–Crippen LogP) is 6.40. The molecule has 124 valence electrons. The van der Waals surface area contributed by atoms with Gasteiger partial charge in [0.05, 0.1) is 6.61 Å². The van der Waals surface area contributed by atoms with Crippen molar-refractivity contribution in [1.82, 2.24) is 0 Å². The number of aryl methyl sites for hydroxylation is 1. The van der Waals surface area contributed by atoms with Crippen molar-refractivity contribution in [2.75, 3.05) is 6.61 Å². The molecular weight excluding hydrogens is 287 g/mol. The quantitative estimate of drug-likeness (QED) is 0.486. The summed E-state index contributed by atoms with van der Waals surface area (Å²) in [6, 6.07) is 13.6. The maximum atomic E-state index is 14.2. The first-order valence-corrected chi connectivity index (χ1v) is 8.76. The number of halogens is 1. The van der Waals surface area contributed by atoms with Gasteiger partial charge < -0.3 is 4.74 Å². The summed E-state index contributed by atoms with van der Waals surface area (Å²) in [5, 5.41) is 0. The summed E-state index contributed by atoms with van der Waals surface area (Å²) in [4.78, 5) is 0. The fourth-order valence-electron chi connectivity index (χ4n) is 2.58. The Labute approximate surface area is 139 Å². The first-order valence-electron chi connectivity index (χ1n) is 8.76. The largest absolute Gasteiger partial charge is 0.491 e. The molecule has 0 saturated heterocycles. The highest BCUT2D eigenvalue weighted by Crippen LogP contribution is 2.26. The van der Waals surface area contributed by atoms with E-state index in [9.17, 15) is 4.39 Å². The summed E-state index contributed by atoms with van der Waals surface area (Å²) < 4.78 is 19.7. The van der Waals surface area contributed by atoms with Crippen LogP contribution < -0.4 is 4.74 Å². The molecule has 2 aromatic carbocycles. The van der Waals surface area contributed by atoms with Crippen LogP contribution >= 0.6 is 0 Å². The number of unbranched alkanes of at least 4 members (excludes halogenated alkanes) is 3. The van der Waals surface area contributed by atoms with Crippen LogP contribution in [0.25, 0.3) is 11.1 Å². The van der Waals surface area contributed by atoms with Gasteiger partial charge >= 0.3 is 0 Å². The Morgan fingerprint density at radius 1 is 0.826 bits per heavy atom. The Morgan fingerprint density at radius 3 is 2.17 bits per heavy atom. The summed E-state index contributed by atoms with van der Waals surface area (Å²) in [6.07, 6.45) is 6.74. The van der Waals surface area contributed by atoms with Crippen LogP contribution in [0.4, 0.5) is 4.39 Å². The molecule has 0 amide bonds. The molecule has 0 aliphatic rings. The average Bonchev–Trinajstić information content (AvgIpc) is 2.58. The molecule has 0 aliphatic carbocycles. The van der Waals surface area contributed by atoms with Crippen LogP contribution in [-0.2, 0) is 6.42 Å². The van der Waals surface area contributed by atoms with Crippen LogP contribution in [0.5, 0.6) is 5.75 Å². The molecule has 2 rings (SSSR count). The molecule has 2 heteroatoms. The van der Waals surface area contributed by atoms with Crippen molar-refractivity contribution in [3.05, 3.63) is 53.8 Å². The molecule has 0 fully saturated rings. The zero-order valence-corrected chi connectivity index (χ0v) is 14.3. The Bertz CT molecular complexity index is 589. The van der Waals surface area contributed by atoms with Gasteiger partial charge in [0, 0.05) is 0 Å². The van der Waals surface area contributed by atoms with Crippen LogP contribution in [0.3, 0.4) is 0 Å². The minimum Gasteiger partial charge on any atom is -0.491 e. The van der Waals surface area contributed by atoms with E-state index < -0.39 is 0 Å². The minimum atomic E-state index is -0.283. The van der Waals surface area contributed by atoms with Crippen molar-refractivity contribution in [3.63, 3.8) is 0 Å². The zero-order valence-electron chi connectivity index (χ0n) is 14.3. The third-order valence-electron chi connectivity index (χ3n) is 4.04. The van der Waals surface area contributed by atoms with Gasteiger partial charge in [-0.3, -0.25) is 0 Å². The van der Waals surface area contributed by atoms with Gasteiger partial charge in [-0.05, 0) is 48.1 Å². The highest BCUT2D eigenvalue weighted by atomic mass is 19.1. The standard InChI is InChI=1S/C21H27FO/c1-3-5-7-15-23-21-14-13-19(16-20(21)22)18-11-9-17(10-12-18)8-6-4-2/h9-14,16H,3-8,15H2,1-2H3. The highest BCUT2D eigenvalue weighted by molar-refractivity contribution is 5.64. The lowest BCUT2D eigenvalue weighted by atomic mass is 10.0. The van der Waals surface area contributed by atoms with Crippen molar-refractivity contribution < 1.29 is 9.13 Å². The van der Waals surface area contributed by atoms with Gasteiger partial charge in [0.25, 0.3) is 0 Å². The molecule has 1 nitrogen and oxygen atoms in total. The fraction of sp³-hybridized carbons (Fsp3) is 0.429. The fourth-order valence-corrected chi connectivity index (χ4v) is 2.58. The van der Waals surface area contributed by atoms with E-state index >= 15 is 0 Å². The normalized spacial score (nSPS) is 10.7. The van der Waals surface area contributed by atoms with Crippen molar-refractivity contribution in [2.24, 2.45) is 0 Å². The van der Waals surface area contributed by atoms with E-state index in [1.165, 1.54) is 18.4 Å². The van der Waals surface area contributed by atoms with Crippen molar-refractivity contribution in [1.29, 1.82) is 0 Å². The predicted molar refractivity (Wildman–Crippen MR) is 95.5 cm³/mol. The van der Waals surface area contributed by atoms with E-state index in [1.54, 1.807) is 12.1 Å². The Balaban J connectivity index is 2.01. The van der Waals surface area contributed by atoms with Crippen molar-refractivity contribution in [2.45, 2.75) is 52.4 Å². The number of benzene rings is 2. The first kappa shape index (κ1) is 17.5. The monoisotopic (exact) mass is 314 g/mol. The smallest absolute Gasteiger partial charge is 0.165 e. The molecule has 0 spiro atoms. The molecule has 0 atom stereocenters. The molecule has 0 aliphatic heterocycles. The van der Waals surface area contributed by atoms with Crippen LogP contribution in [0.15, 0.2) is 42.5 Å². The summed E-state index contributed by atoms with van der Waals surface area (Å²) in [5.41, 5.74) is 3.28. The minimum absolute atomic E-state index is 0.283.